The molecule has 39 heavy (non-hydrogen) atoms. The lowest BCUT2D eigenvalue weighted by molar-refractivity contribution is -0.192. The van der Waals surface area contributed by atoms with Crippen molar-refractivity contribution >= 4 is 17.7 Å². The number of carbonyl (C=O) groups is 3. The molecule has 0 atom stereocenters. The first kappa shape index (κ1) is 29.5. The first-order valence-electron chi connectivity index (χ1n) is 12.3. The van der Waals surface area contributed by atoms with Crippen LogP contribution < -0.4 is 10.6 Å². The third kappa shape index (κ3) is 9.35. The van der Waals surface area contributed by atoms with Crippen molar-refractivity contribution in [3.63, 3.8) is 0 Å². The van der Waals surface area contributed by atoms with E-state index in [1.165, 1.54) is 18.1 Å². The summed E-state index contributed by atoms with van der Waals surface area (Å²) in [7, 11) is 0. The Labute approximate surface area is 224 Å². The van der Waals surface area contributed by atoms with Crippen LogP contribution in [0.4, 0.5) is 13.2 Å². The Balaban J connectivity index is 0.000000532. The van der Waals surface area contributed by atoms with Gasteiger partial charge in [0.2, 0.25) is 0 Å². The number of ketones is 1. The first-order chi connectivity index (χ1) is 18.5. The molecular weight excluding hydrogens is 511 g/mol. The van der Waals surface area contributed by atoms with Crippen molar-refractivity contribution in [2.75, 3.05) is 26.2 Å². The van der Waals surface area contributed by atoms with E-state index in [1.54, 1.807) is 24.3 Å². The fourth-order valence-electron chi connectivity index (χ4n) is 4.00. The molecular formula is C29H30F3N3O4. The molecule has 0 aliphatic carbocycles. The lowest BCUT2D eigenvalue weighted by Crippen LogP contribution is -2.42. The number of piperazine rings is 1. The number of carboxylic acid groups (broad SMARTS) is 1. The molecule has 0 saturated carbocycles. The molecule has 3 aromatic carbocycles. The maximum atomic E-state index is 12.6. The molecule has 0 radical (unpaired) electrons. The van der Waals surface area contributed by atoms with Gasteiger partial charge in [-0.05, 0) is 53.4 Å². The summed E-state index contributed by atoms with van der Waals surface area (Å²) in [6, 6.07) is 23.8. The number of amides is 1. The summed E-state index contributed by atoms with van der Waals surface area (Å²) < 4.78 is 31.7. The second kappa shape index (κ2) is 13.7. The fraction of sp³-hybridized carbons (Fsp3) is 0.276. The van der Waals surface area contributed by atoms with Gasteiger partial charge in [-0.1, -0.05) is 48.5 Å². The van der Waals surface area contributed by atoms with Gasteiger partial charge in [-0.3, -0.25) is 14.5 Å². The average Bonchev–Trinajstić information content (AvgIpc) is 2.92. The van der Waals surface area contributed by atoms with Crippen molar-refractivity contribution in [2.24, 2.45) is 0 Å². The number of rotatable bonds is 7. The molecule has 3 N–H and O–H groups in total. The van der Waals surface area contributed by atoms with Gasteiger partial charge in [0.25, 0.3) is 5.91 Å². The highest BCUT2D eigenvalue weighted by atomic mass is 19.4. The third-order valence-electron chi connectivity index (χ3n) is 6.03. The van der Waals surface area contributed by atoms with Crippen LogP contribution in [0.3, 0.4) is 0 Å². The molecule has 3 aromatic rings. The van der Waals surface area contributed by atoms with Crippen LogP contribution in [0.15, 0.2) is 72.8 Å². The summed E-state index contributed by atoms with van der Waals surface area (Å²) in [5.41, 5.74) is 5.70. The number of carboxylic acids is 1. The molecule has 0 unspecified atom stereocenters. The number of Topliss-reactive ketones (excluding diaryl/α,β-unsaturated/α-hetero) is 1. The van der Waals surface area contributed by atoms with Gasteiger partial charge in [0, 0.05) is 50.4 Å². The van der Waals surface area contributed by atoms with Crippen molar-refractivity contribution in [3.05, 3.63) is 95.1 Å². The molecule has 7 nitrogen and oxygen atoms in total. The summed E-state index contributed by atoms with van der Waals surface area (Å²) >= 11 is 0. The van der Waals surface area contributed by atoms with Crippen LogP contribution in [0.25, 0.3) is 11.1 Å². The van der Waals surface area contributed by atoms with Crippen molar-refractivity contribution < 1.29 is 32.7 Å². The van der Waals surface area contributed by atoms with E-state index in [-0.39, 0.29) is 11.7 Å². The Kier molecular flexibility index (Phi) is 10.4. The number of aliphatic carboxylic acids is 1. The van der Waals surface area contributed by atoms with E-state index in [0.717, 1.165) is 43.9 Å². The predicted molar refractivity (Wildman–Crippen MR) is 141 cm³/mol. The van der Waals surface area contributed by atoms with Crippen LogP contribution >= 0.6 is 0 Å². The highest BCUT2D eigenvalue weighted by Gasteiger charge is 2.38. The molecule has 206 valence electrons. The number of alkyl halides is 3. The van der Waals surface area contributed by atoms with E-state index in [9.17, 15) is 22.8 Å². The van der Waals surface area contributed by atoms with Gasteiger partial charge in [0.05, 0.1) is 0 Å². The Morgan fingerprint density at radius 1 is 0.872 bits per heavy atom. The first-order valence-corrected chi connectivity index (χ1v) is 12.3. The standard InChI is InChI=1S/C27H29N3O2.C2HF3O2/c1-20(31)23-7-4-10-26(17-23)27(32)29-18-21-5-2-8-24(15-21)25-9-3-6-22(16-25)19-30-13-11-28-12-14-30;3-2(4,5)1(6)7/h2-10,15-17,28H,11-14,18-19H2,1H3,(H,29,32);(H,6,7). The van der Waals surface area contributed by atoms with Gasteiger partial charge < -0.3 is 15.7 Å². The second-order valence-electron chi connectivity index (χ2n) is 9.05. The molecule has 0 aromatic heterocycles. The summed E-state index contributed by atoms with van der Waals surface area (Å²) in [6.45, 7) is 7.14. The quantitative estimate of drug-likeness (QED) is 0.381. The monoisotopic (exact) mass is 541 g/mol. The van der Waals surface area contributed by atoms with Crippen molar-refractivity contribution in [1.29, 1.82) is 0 Å². The van der Waals surface area contributed by atoms with Gasteiger partial charge in [0.15, 0.2) is 5.78 Å². The number of hydrogen-bond acceptors (Lipinski definition) is 5. The second-order valence-corrected chi connectivity index (χ2v) is 9.05. The number of carbonyl (C=O) groups excluding carboxylic acids is 2. The van der Waals surface area contributed by atoms with E-state index in [1.807, 2.05) is 12.1 Å². The molecule has 1 amide bonds. The zero-order valence-electron chi connectivity index (χ0n) is 21.4. The summed E-state index contributed by atoms with van der Waals surface area (Å²) in [5.74, 6) is -2.99. The SMILES string of the molecule is CC(=O)c1cccc(C(=O)NCc2cccc(-c3cccc(CN4CCNCC4)c3)c2)c1.O=C(O)C(F)(F)F. The minimum atomic E-state index is -5.08. The van der Waals surface area contributed by atoms with Gasteiger partial charge >= 0.3 is 12.1 Å². The van der Waals surface area contributed by atoms with Crippen molar-refractivity contribution in [1.82, 2.24) is 15.5 Å². The summed E-state index contributed by atoms with van der Waals surface area (Å²) in [4.78, 5) is 35.5. The van der Waals surface area contributed by atoms with Crippen LogP contribution in [0.1, 0.15) is 38.8 Å². The van der Waals surface area contributed by atoms with Crippen LogP contribution in [-0.2, 0) is 17.9 Å². The summed E-state index contributed by atoms with van der Waals surface area (Å²) in [6.07, 6.45) is -5.08. The molecule has 1 heterocycles. The van der Waals surface area contributed by atoms with E-state index in [2.05, 4.69) is 51.9 Å². The molecule has 10 heteroatoms. The number of nitrogens with one attached hydrogen (secondary N) is 2. The lowest BCUT2D eigenvalue weighted by atomic mass is 10.0. The molecule has 1 fully saturated rings. The highest BCUT2D eigenvalue weighted by molar-refractivity contribution is 5.99. The van der Waals surface area contributed by atoms with Gasteiger partial charge in [0.1, 0.15) is 0 Å². The largest absolute Gasteiger partial charge is 0.490 e. The molecule has 1 aliphatic rings. The minimum Gasteiger partial charge on any atom is -0.475 e. The predicted octanol–water partition coefficient (Wildman–Crippen LogP) is 4.52. The summed E-state index contributed by atoms with van der Waals surface area (Å²) in [5, 5.41) is 13.5. The lowest BCUT2D eigenvalue weighted by Gasteiger charge is -2.27. The molecule has 1 aliphatic heterocycles. The van der Waals surface area contributed by atoms with Gasteiger partial charge in [-0.15, -0.1) is 0 Å². The van der Waals surface area contributed by atoms with Crippen LogP contribution in [0, 0.1) is 0 Å². The van der Waals surface area contributed by atoms with Crippen molar-refractivity contribution in [3.8, 4) is 11.1 Å². The zero-order chi connectivity index (χ0) is 28.4. The maximum Gasteiger partial charge on any atom is 0.490 e. The average molecular weight is 542 g/mol. The zero-order valence-corrected chi connectivity index (χ0v) is 21.4. The Morgan fingerprint density at radius 2 is 1.41 bits per heavy atom. The number of nitrogens with zero attached hydrogens (tertiary/aromatic N) is 1. The fourth-order valence-corrected chi connectivity index (χ4v) is 4.00. The molecule has 0 bridgehead atoms. The minimum absolute atomic E-state index is 0.0495. The smallest absolute Gasteiger partial charge is 0.475 e. The van der Waals surface area contributed by atoms with E-state index >= 15 is 0 Å². The highest BCUT2D eigenvalue weighted by Crippen LogP contribution is 2.22. The van der Waals surface area contributed by atoms with Crippen molar-refractivity contribution in [2.45, 2.75) is 26.2 Å². The number of hydrogen-bond donors (Lipinski definition) is 3. The number of halogens is 3. The van der Waals surface area contributed by atoms with E-state index < -0.39 is 12.1 Å². The molecule has 0 spiro atoms. The normalized spacial score (nSPS) is 13.6. The Morgan fingerprint density at radius 3 is 2.00 bits per heavy atom. The Bertz CT molecular complexity index is 1300. The van der Waals surface area contributed by atoms with Crippen LogP contribution in [0.2, 0.25) is 0 Å². The maximum absolute atomic E-state index is 12.6. The number of benzene rings is 3. The van der Waals surface area contributed by atoms with Crippen LogP contribution in [-0.4, -0.2) is 60.0 Å². The van der Waals surface area contributed by atoms with Crippen LogP contribution in [0.5, 0.6) is 0 Å². The molecule has 1 saturated heterocycles. The van der Waals surface area contributed by atoms with E-state index in [4.69, 9.17) is 9.90 Å². The van der Waals surface area contributed by atoms with Gasteiger partial charge in [-0.2, -0.15) is 13.2 Å². The van der Waals surface area contributed by atoms with Gasteiger partial charge in [-0.25, -0.2) is 4.79 Å². The Hall–Kier alpha value is -4.02. The third-order valence-corrected chi connectivity index (χ3v) is 6.03. The topological polar surface area (TPSA) is 98.7 Å². The molecule has 4 rings (SSSR count). The van der Waals surface area contributed by atoms with E-state index in [0.29, 0.717) is 17.7 Å².